The zero-order valence-electron chi connectivity index (χ0n) is 10.9. The highest BCUT2D eigenvalue weighted by molar-refractivity contribution is 5.78. The lowest BCUT2D eigenvalue weighted by atomic mass is 9.71. The first-order valence-corrected chi connectivity index (χ1v) is 7.81. The highest BCUT2D eigenvalue weighted by atomic mass is 15.3. The third-order valence-corrected chi connectivity index (χ3v) is 5.68. The monoisotopic (exact) mass is 233 g/mol. The van der Waals surface area contributed by atoms with Gasteiger partial charge in [-0.05, 0) is 44.4 Å². The Bertz CT molecular complexity index is 345. The number of piperidine rings is 1. The van der Waals surface area contributed by atoms with E-state index < -0.39 is 0 Å². The molecule has 2 heteroatoms. The Hall–Kier alpha value is -0.530. The molecule has 3 heterocycles. The zero-order valence-corrected chi connectivity index (χ0v) is 10.9. The number of hydrogen-bond donors (Lipinski definition) is 0. The molecule has 1 saturated carbocycles. The Morgan fingerprint density at radius 1 is 0.941 bits per heavy atom. The summed E-state index contributed by atoms with van der Waals surface area (Å²) in [6.45, 7) is 4.11. The summed E-state index contributed by atoms with van der Waals surface area (Å²) in [6, 6.07) is 0.946. The van der Waals surface area contributed by atoms with Crippen molar-refractivity contribution in [3.8, 4) is 0 Å². The molecule has 0 aromatic rings. The van der Waals surface area contributed by atoms with E-state index in [1.165, 1.54) is 71.0 Å². The Kier molecular flexibility index (Phi) is 2.44. The van der Waals surface area contributed by atoms with Crippen molar-refractivity contribution in [2.75, 3.05) is 19.6 Å². The predicted octanol–water partition coefficient (Wildman–Crippen LogP) is 2.48. The van der Waals surface area contributed by atoms with Crippen molar-refractivity contribution in [3.05, 3.63) is 0 Å². The van der Waals surface area contributed by atoms with Gasteiger partial charge < -0.3 is 0 Å². The number of rotatable bonds is 0. The molecule has 2 nitrogen and oxygen atoms in total. The van der Waals surface area contributed by atoms with Crippen molar-refractivity contribution in [1.82, 2.24) is 4.90 Å². The molecule has 0 radical (unpaired) electrons. The van der Waals surface area contributed by atoms with Crippen LogP contribution in [0, 0.1) is 11.8 Å². The van der Waals surface area contributed by atoms with Gasteiger partial charge in [0.15, 0.2) is 0 Å². The molecule has 3 atom stereocenters. The maximum atomic E-state index is 2.86. The number of nitrogens with zero attached hydrogens (tertiary/aromatic N) is 2. The first-order chi connectivity index (χ1) is 8.43. The average molecular weight is 233 g/mol. The molecule has 0 aromatic heterocycles. The molecule has 0 aromatic carbocycles. The Labute approximate surface area is 105 Å². The minimum Gasteiger partial charge on any atom is -0.265 e. The summed E-state index contributed by atoms with van der Waals surface area (Å²) in [5.41, 5.74) is 0. The van der Waals surface area contributed by atoms with Crippen LogP contribution >= 0.6 is 0 Å². The molecule has 4 aliphatic rings. The predicted molar refractivity (Wildman–Crippen MR) is 69.4 cm³/mol. The molecule has 1 aliphatic carbocycles. The van der Waals surface area contributed by atoms with Gasteiger partial charge in [0, 0.05) is 12.3 Å². The third-order valence-electron chi connectivity index (χ3n) is 5.68. The van der Waals surface area contributed by atoms with Crippen molar-refractivity contribution in [2.24, 2.45) is 11.8 Å². The van der Waals surface area contributed by atoms with E-state index >= 15 is 0 Å². The summed E-state index contributed by atoms with van der Waals surface area (Å²) in [5.74, 6) is 3.78. The molecular weight excluding hydrogens is 208 g/mol. The van der Waals surface area contributed by atoms with Crippen LogP contribution in [0.1, 0.15) is 51.4 Å². The average Bonchev–Trinajstić information content (AvgIpc) is 2.39. The van der Waals surface area contributed by atoms with E-state index in [4.69, 9.17) is 0 Å². The van der Waals surface area contributed by atoms with Crippen LogP contribution in [0.25, 0.3) is 0 Å². The molecule has 0 unspecified atom stereocenters. The number of fused-ring (bicyclic) bond motifs is 1. The van der Waals surface area contributed by atoms with Gasteiger partial charge in [0.05, 0.1) is 19.6 Å². The molecule has 1 saturated heterocycles. The number of hydrogen-bond acceptors (Lipinski definition) is 1. The fourth-order valence-electron chi connectivity index (χ4n) is 5.04. The number of amidine groups is 1. The maximum absolute atomic E-state index is 2.86. The van der Waals surface area contributed by atoms with Gasteiger partial charge in [-0.3, -0.25) is 9.48 Å². The van der Waals surface area contributed by atoms with Crippen molar-refractivity contribution >= 4 is 5.84 Å². The van der Waals surface area contributed by atoms with Crippen LogP contribution in [0.3, 0.4) is 0 Å². The van der Waals surface area contributed by atoms with E-state index in [0.29, 0.717) is 0 Å². The van der Waals surface area contributed by atoms with Gasteiger partial charge >= 0.3 is 0 Å². The molecule has 3 aliphatic heterocycles. The highest BCUT2D eigenvalue weighted by Gasteiger charge is 2.49. The van der Waals surface area contributed by atoms with Crippen molar-refractivity contribution in [2.45, 2.75) is 57.4 Å². The minimum absolute atomic E-state index is 0.946. The lowest BCUT2D eigenvalue weighted by molar-refractivity contribution is -0.556. The van der Waals surface area contributed by atoms with Gasteiger partial charge in [-0.25, -0.2) is 0 Å². The lowest BCUT2D eigenvalue weighted by Gasteiger charge is -2.49. The van der Waals surface area contributed by atoms with Gasteiger partial charge in [-0.1, -0.05) is 6.42 Å². The van der Waals surface area contributed by atoms with E-state index in [-0.39, 0.29) is 0 Å². The van der Waals surface area contributed by atoms with Crippen LogP contribution in [0.4, 0.5) is 0 Å². The van der Waals surface area contributed by atoms with Crippen LogP contribution in [0.2, 0.25) is 0 Å². The Balaban J connectivity index is 1.72. The largest absolute Gasteiger partial charge is 0.265 e. The molecule has 17 heavy (non-hydrogen) atoms. The summed E-state index contributed by atoms with van der Waals surface area (Å²) in [7, 11) is 0. The fourth-order valence-corrected chi connectivity index (χ4v) is 5.04. The van der Waals surface area contributed by atoms with Crippen LogP contribution in [0.15, 0.2) is 0 Å². The maximum Gasteiger partial charge on any atom is 0.247 e. The summed E-state index contributed by atoms with van der Waals surface area (Å²) >= 11 is 0. The van der Waals surface area contributed by atoms with Gasteiger partial charge in [0.1, 0.15) is 6.04 Å². The second-order valence-corrected chi connectivity index (χ2v) is 6.60. The third kappa shape index (κ3) is 1.56. The fraction of sp³-hybridized carbons (Fsp3) is 0.933. The van der Waals surface area contributed by atoms with Gasteiger partial charge in [-0.2, -0.15) is 0 Å². The smallest absolute Gasteiger partial charge is 0.247 e. The van der Waals surface area contributed by atoms with E-state index in [0.717, 1.165) is 17.9 Å². The van der Waals surface area contributed by atoms with Crippen molar-refractivity contribution in [1.29, 1.82) is 0 Å². The first kappa shape index (κ1) is 10.4. The SMILES string of the molecule is C1CC[N+]2=C(C1)N1CCC[C@@H]3CCC[C@H](C2)[C@@H]31. The van der Waals surface area contributed by atoms with E-state index in [1.54, 1.807) is 5.84 Å². The van der Waals surface area contributed by atoms with E-state index in [2.05, 4.69) is 9.48 Å². The summed E-state index contributed by atoms with van der Waals surface area (Å²) in [4.78, 5) is 2.86. The summed E-state index contributed by atoms with van der Waals surface area (Å²) in [6.07, 6.45) is 11.7. The standard InChI is InChI=1S/C15H25N2/c1-2-9-16-11-13-6-3-5-12-7-4-10-17(15(12)13)14(16)8-1/h12-13,15H,1-11H2/q+1/t12-,13+,15+/m0/s1. The molecule has 4 rings (SSSR count). The van der Waals surface area contributed by atoms with Gasteiger partial charge in [0.2, 0.25) is 5.84 Å². The topological polar surface area (TPSA) is 6.25 Å². The molecule has 0 spiro atoms. The molecule has 0 amide bonds. The Morgan fingerprint density at radius 2 is 1.82 bits per heavy atom. The van der Waals surface area contributed by atoms with Crippen LogP contribution in [-0.4, -0.2) is 41.0 Å². The quantitative estimate of drug-likeness (QED) is 0.583. The van der Waals surface area contributed by atoms with Crippen molar-refractivity contribution < 1.29 is 4.58 Å². The van der Waals surface area contributed by atoms with Gasteiger partial charge in [0.25, 0.3) is 0 Å². The van der Waals surface area contributed by atoms with E-state index in [1.807, 2.05) is 0 Å². The summed E-state index contributed by atoms with van der Waals surface area (Å²) < 4.78 is 2.75. The van der Waals surface area contributed by atoms with Gasteiger partial charge in [-0.15, -0.1) is 0 Å². The molecule has 0 N–H and O–H groups in total. The highest BCUT2D eigenvalue weighted by Crippen LogP contribution is 2.41. The normalized spacial score (nSPS) is 40.9. The lowest BCUT2D eigenvalue weighted by Crippen LogP contribution is -2.61. The molecule has 0 bridgehead atoms. The molecular formula is C15H25N2+. The van der Waals surface area contributed by atoms with E-state index in [9.17, 15) is 0 Å². The second kappa shape index (κ2) is 4.00. The van der Waals surface area contributed by atoms with Crippen molar-refractivity contribution in [3.63, 3.8) is 0 Å². The minimum atomic E-state index is 0.946. The second-order valence-electron chi connectivity index (χ2n) is 6.60. The molecule has 2 fully saturated rings. The zero-order chi connectivity index (χ0) is 11.2. The van der Waals surface area contributed by atoms with Crippen LogP contribution < -0.4 is 0 Å². The first-order valence-electron chi connectivity index (χ1n) is 7.81. The summed E-state index contributed by atoms with van der Waals surface area (Å²) in [5, 5.41) is 0. The van der Waals surface area contributed by atoms with Crippen LogP contribution in [0.5, 0.6) is 0 Å². The molecule has 94 valence electrons. The Morgan fingerprint density at radius 3 is 2.82 bits per heavy atom. The van der Waals surface area contributed by atoms with Crippen LogP contribution in [-0.2, 0) is 0 Å².